The second-order valence-corrected chi connectivity index (χ2v) is 21.6. The van der Waals surface area contributed by atoms with Gasteiger partial charge in [-0.3, -0.25) is 0 Å². The molecule has 0 unspecified atom stereocenters. The number of halogens is 4. The molecule has 0 aliphatic carbocycles. The van der Waals surface area contributed by atoms with Gasteiger partial charge in [-0.2, -0.15) is 0 Å². The Kier molecular flexibility index (Phi) is 5.46. The molecule has 0 atom stereocenters. The summed E-state index contributed by atoms with van der Waals surface area (Å²) in [4.78, 5) is 0. The molecule has 1 aromatic carbocycles. The molecule has 0 aliphatic rings. The molecule has 0 heterocycles. The molecule has 0 radical (unpaired) electrons. The SMILES string of the molecule is CC(C)(C)[Si](Cl)(Cl)c1ccc([Si](Cl)(Cl)C(C)(C)C)cc1. The summed E-state index contributed by atoms with van der Waals surface area (Å²) in [7, 11) is 0. The van der Waals surface area contributed by atoms with Crippen molar-refractivity contribution in [2.45, 2.75) is 51.6 Å². The van der Waals surface area contributed by atoms with Crippen LogP contribution in [0.15, 0.2) is 24.3 Å². The fourth-order valence-electron chi connectivity index (χ4n) is 1.75. The molecule has 1 aromatic rings. The Hall–Kier alpha value is 0.814. The molecule has 0 spiro atoms. The van der Waals surface area contributed by atoms with Gasteiger partial charge in [0.25, 0.3) is 13.4 Å². The van der Waals surface area contributed by atoms with E-state index < -0.39 is 13.4 Å². The highest BCUT2D eigenvalue weighted by Crippen LogP contribution is 2.43. The predicted octanol–water partition coefficient (Wildman–Crippen LogP) is 5.54. The summed E-state index contributed by atoms with van der Waals surface area (Å²) in [6.45, 7) is 7.37. The maximum Gasteiger partial charge on any atom is 0.285 e. The minimum absolute atomic E-state index is 0.127. The maximum absolute atomic E-state index is 6.64. The van der Waals surface area contributed by atoms with E-state index in [4.69, 9.17) is 44.3 Å². The Labute approximate surface area is 143 Å². The van der Waals surface area contributed by atoms with Crippen LogP contribution in [0.25, 0.3) is 0 Å². The van der Waals surface area contributed by atoms with Crippen molar-refractivity contribution in [3.05, 3.63) is 24.3 Å². The van der Waals surface area contributed by atoms with Crippen LogP contribution in [0.2, 0.25) is 10.1 Å². The highest BCUT2D eigenvalue weighted by molar-refractivity contribution is 7.52. The van der Waals surface area contributed by atoms with Crippen LogP contribution in [0, 0.1) is 0 Å². The molecule has 0 amide bonds. The number of rotatable bonds is 2. The molecule has 20 heavy (non-hydrogen) atoms. The van der Waals surface area contributed by atoms with Gasteiger partial charge in [0.05, 0.1) is 0 Å². The average Bonchev–Trinajstić information content (AvgIpc) is 2.26. The zero-order chi connectivity index (χ0) is 16.0. The molecular weight excluding hydrogens is 366 g/mol. The zero-order valence-electron chi connectivity index (χ0n) is 12.8. The first-order valence-electron chi connectivity index (χ1n) is 6.58. The third-order valence-corrected chi connectivity index (χ3v) is 18.8. The molecule has 1 rings (SSSR count). The smallest absolute Gasteiger partial charge is 0.139 e. The Balaban J connectivity index is 3.20. The molecule has 6 heteroatoms. The van der Waals surface area contributed by atoms with E-state index in [1.165, 1.54) is 0 Å². The largest absolute Gasteiger partial charge is 0.285 e. The molecule has 0 saturated heterocycles. The van der Waals surface area contributed by atoms with E-state index in [9.17, 15) is 0 Å². The first-order chi connectivity index (χ1) is 8.71. The highest BCUT2D eigenvalue weighted by atomic mass is 35.7. The van der Waals surface area contributed by atoms with Crippen molar-refractivity contribution in [2.24, 2.45) is 0 Å². The van der Waals surface area contributed by atoms with Crippen LogP contribution >= 0.6 is 44.3 Å². The molecule has 0 bridgehead atoms. The molecule has 0 aromatic heterocycles. The van der Waals surface area contributed by atoms with Gasteiger partial charge in [-0.25, -0.2) is 0 Å². The molecule has 0 fully saturated rings. The van der Waals surface area contributed by atoms with Crippen LogP contribution in [-0.2, 0) is 0 Å². The summed E-state index contributed by atoms with van der Waals surface area (Å²) < 4.78 is 0. The monoisotopic (exact) mass is 386 g/mol. The maximum atomic E-state index is 6.64. The van der Waals surface area contributed by atoms with E-state index in [2.05, 4.69) is 41.5 Å². The van der Waals surface area contributed by atoms with Crippen molar-refractivity contribution in [2.75, 3.05) is 0 Å². The number of hydrogen-bond acceptors (Lipinski definition) is 0. The van der Waals surface area contributed by atoms with Crippen molar-refractivity contribution >= 4 is 68.1 Å². The van der Waals surface area contributed by atoms with Gasteiger partial charge in [0.1, 0.15) is 0 Å². The van der Waals surface area contributed by atoms with Gasteiger partial charge >= 0.3 is 0 Å². The Morgan fingerprint density at radius 1 is 0.600 bits per heavy atom. The second kappa shape index (κ2) is 5.79. The van der Waals surface area contributed by atoms with E-state index >= 15 is 0 Å². The van der Waals surface area contributed by atoms with Gasteiger partial charge in [0.15, 0.2) is 0 Å². The summed E-state index contributed by atoms with van der Waals surface area (Å²) in [5, 5.41) is 1.75. The third-order valence-electron chi connectivity index (χ3n) is 3.49. The van der Waals surface area contributed by atoms with Crippen LogP contribution in [0.1, 0.15) is 41.5 Å². The van der Waals surface area contributed by atoms with Gasteiger partial charge in [0.2, 0.25) is 0 Å². The second-order valence-electron chi connectivity index (χ2n) is 7.23. The van der Waals surface area contributed by atoms with E-state index in [-0.39, 0.29) is 10.1 Å². The molecule has 0 nitrogen and oxygen atoms in total. The fourth-order valence-corrected chi connectivity index (χ4v) is 6.17. The molecule has 0 aliphatic heterocycles. The lowest BCUT2D eigenvalue weighted by Gasteiger charge is -2.33. The normalized spacial score (nSPS) is 14.5. The van der Waals surface area contributed by atoms with Gasteiger partial charge in [-0.05, 0) is 20.4 Å². The minimum Gasteiger partial charge on any atom is -0.139 e. The van der Waals surface area contributed by atoms with E-state index in [1.807, 2.05) is 24.3 Å². The number of hydrogen-bond donors (Lipinski definition) is 0. The van der Waals surface area contributed by atoms with Crippen LogP contribution in [0.4, 0.5) is 0 Å². The third kappa shape index (κ3) is 3.58. The van der Waals surface area contributed by atoms with Crippen LogP contribution in [0.3, 0.4) is 0 Å². The van der Waals surface area contributed by atoms with Gasteiger partial charge in [0, 0.05) is 0 Å². The lowest BCUT2D eigenvalue weighted by molar-refractivity contribution is 0.748. The highest BCUT2D eigenvalue weighted by Gasteiger charge is 2.46. The molecular formula is C14H22Cl4Si2. The Morgan fingerprint density at radius 3 is 0.950 bits per heavy atom. The van der Waals surface area contributed by atoms with E-state index in [1.54, 1.807) is 0 Å². The predicted molar refractivity (Wildman–Crippen MR) is 100 cm³/mol. The zero-order valence-corrected chi connectivity index (χ0v) is 17.8. The standard InChI is InChI=1S/C14H22Cl4Si2/c1-13(2,3)19(15,16)11-7-9-12(10-8-11)20(17,18)14(4,5)6/h7-10H,1-6H3. The van der Waals surface area contributed by atoms with Gasteiger partial charge in [-0.15, -0.1) is 44.3 Å². The lowest BCUT2D eigenvalue weighted by atomic mass is 10.2. The van der Waals surface area contributed by atoms with Crippen molar-refractivity contribution in [3.63, 3.8) is 0 Å². The summed E-state index contributed by atoms with van der Waals surface area (Å²) in [5.41, 5.74) is 0. The van der Waals surface area contributed by atoms with Gasteiger partial charge < -0.3 is 0 Å². The van der Waals surface area contributed by atoms with Crippen molar-refractivity contribution < 1.29 is 0 Å². The molecule has 114 valence electrons. The first kappa shape index (κ1) is 18.9. The van der Waals surface area contributed by atoms with E-state index in [0.29, 0.717) is 0 Å². The average molecular weight is 388 g/mol. The van der Waals surface area contributed by atoms with Crippen LogP contribution in [0.5, 0.6) is 0 Å². The topological polar surface area (TPSA) is 0 Å². The summed E-state index contributed by atoms with van der Waals surface area (Å²) in [5.74, 6) is 0. The van der Waals surface area contributed by atoms with Crippen molar-refractivity contribution in [1.29, 1.82) is 0 Å². The fraction of sp³-hybridized carbons (Fsp3) is 0.571. The number of benzene rings is 1. The Bertz CT molecular complexity index is 422. The quantitative estimate of drug-likeness (QED) is 0.461. The van der Waals surface area contributed by atoms with Gasteiger partial charge in [-0.1, -0.05) is 65.8 Å². The van der Waals surface area contributed by atoms with Crippen LogP contribution < -0.4 is 10.4 Å². The lowest BCUT2D eigenvalue weighted by Crippen LogP contribution is -2.48. The summed E-state index contributed by atoms with van der Waals surface area (Å²) >= 11 is 26.6. The summed E-state index contributed by atoms with van der Waals surface area (Å²) in [6, 6.07) is 7.96. The Morgan fingerprint density at radius 2 is 0.800 bits per heavy atom. The first-order valence-corrected chi connectivity index (χ1v) is 14.6. The van der Waals surface area contributed by atoms with E-state index in [0.717, 1.165) is 10.4 Å². The molecule has 0 saturated carbocycles. The van der Waals surface area contributed by atoms with Crippen molar-refractivity contribution in [1.82, 2.24) is 0 Å². The minimum atomic E-state index is -2.54. The van der Waals surface area contributed by atoms with Crippen LogP contribution in [-0.4, -0.2) is 13.4 Å². The van der Waals surface area contributed by atoms with Crippen molar-refractivity contribution in [3.8, 4) is 0 Å². The molecule has 0 N–H and O–H groups in total. The summed E-state index contributed by atoms with van der Waals surface area (Å²) in [6.07, 6.45) is 0.